The van der Waals surface area contributed by atoms with Gasteiger partial charge >= 0.3 is 0 Å². The Bertz CT molecular complexity index is 559. The maximum Gasteiger partial charge on any atom is 0.126 e. The lowest BCUT2D eigenvalue weighted by molar-refractivity contribution is 0.426. The van der Waals surface area contributed by atoms with E-state index in [-0.39, 0.29) is 5.82 Å². The van der Waals surface area contributed by atoms with Crippen LogP contribution < -0.4 is 5.32 Å². The summed E-state index contributed by atoms with van der Waals surface area (Å²) < 4.78 is 15.2. The molecular weight excluding hydrogens is 253 g/mol. The highest BCUT2D eigenvalue weighted by Gasteiger charge is 2.07. The van der Waals surface area contributed by atoms with Gasteiger partial charge in [-0.05, 0) is 49.6 Å². The fraction of sp³-hybridized carbons (Fsp3) is 0.438. The molecule has 0 aliphatic rings. The molecule has 1 aromatic heterocycles. The first-order chi connectivity index (χ1) is 9.63. The van der Waals surface area contributed by atoms with Crippen molar-refractivity contribution in [2.45, 2.75) is 46.2 Å². The Morgan fingerprint density at radius 3 is 2.65 bits per heavy atom. The van der Waals surface area contributed by atoms with Crippen molar-refractivity contribution in [2.75, 3.05) is 5.32 Å². The third-order valence-electron chi connectivity index (χ3n) is 3.61. The molecule has 1 heterocycles. The van der Waals surface area contributed by atoms with Crippen molar-refractivity contribution < 1.29 is 4.39 Å². The second-order valence-electron chi connectivity index (χ2n) is 5.07. The predicted octanol–water partition coefficient (Wildman–Crippen LogP) is 4.30. The normalized spacial score (nSPS) is 11.1. The lowest BCUT2D eigenvalue weighted by Gasteiger charge is -2.12. The molecule has 1 N–H and O–H groups in total. The molecular formula is C16H22FN3. The number of anilines is 1. The van der Waals surface area contributed by atoms with Gasteiger partial charge in [0.1, 0.15) is 5.82 Å². The van der Waals surface area contributed by atoms with Crippen LogP contribution in [0, 0.1) is 12.7 Å². The van der Waals surface area contributed by atoms with Crippen molar-refractivity contribution in [3.05, 3.63) is 47.5 Å². The molecule has 0 fully saturated rings. The first kappa shape index (κ1) is 14.6. The van der Waals surface area contributed by atoms with Crippen molar-refractivity contribution in [1.82, 2.24) is 9.78 Å². The first-order valence-electron chi connectivity index (χ1n) is 7.18. The molecule has 3 nitrogen and oxygen atoms in total. The molecule has 4 heteroatoms. The van der Waals surface area contributed by atoms with Crippen molar-refractivity contribution in [1.29, 1.82) is 0 Å². The Labute approximate surface area is 119 Å². The van der Waals surface area contributed by atoms with Gasteiger partial charge in [-0.2, -0.15) is 5.10 Å². The van der Waals surface area contributed by atoms with Crippen molar-refractivity contribution in [3.63, 3.8) is 0 Å². The Kier molecular flexibility index (Phi) is 4.77. The van der Waals surface area contributed by atoms with E-state index in [0.717, 1.165) is 24.2 Å². The van der Waals surface area contributed by atoms with Gasteiger partial charge in [0.15, 0.2) is 0 Å². The second-order valence-corrected chi connectivity index (χ2v) is 5.07. The summed E-state index contributed by atoms with van der Waals surface area (Å²) in [6, 6.07) is 7.55. The minimum Gasteiger partial charge on any atom is -0.379 e. The summed E-state index contributed by atoms with van der Waals surface area (Å²) in [4.78, 5) is 0. The van der Waals surface area contributed by atoms with E-state index in [1.54, 1.807) is 13.0 Å². The van der Waals surface area contributed by atoms with Crippen molar-refractivity contribution >= 4 is 5.69 Å². The number of aromatic nitrogens is 2. The molecule has 0 saturated carbocycles. The number of rotatable bonds is 6. The topological polar surface area (TPSA) is 29.9 Å². The average molecular weight is 275 g/mol. The molecule has 2 aromatic rings. The molecule has 0 unspecified atom stereocenters. The van der Waals surface area contributed by atoms with Crippen LogP contribution >= 0.6 is 0 Å². The maximum absolute atomic E-state index is 13.2. The fourth-order valence-corrected chi connectivity index (χ4v) is 2.29. The molecule has 0 radical (unpaired) electrons. The summed E-state index contributed by atoms with van der Waals surface area (Å²) in [6.07, 6.45) is 4.20. The second kappa shape index (κ2) is 6.55. The van der Waals surface area contributed by atoms with Crippen molar-refractivity contribution in [2.24, 2.45) is 0 Å². The predicted molar refractivity (Wildman–Crippen MR) is 80.3 cm³/mol. The van der Waals surface area contributed by atoms with Gasteiger partial charge in [0.25, 0.3) is 0 Å². The van der Waals surface area contributed by atoms with Gasteiger partial charge < -0.3 is 5.32 Å². The molecule has 0 spiro atoms. The summed E-state index contributed by atoms with van der Waals surface area (Å²) in [6.45, 7) is 6.77. The summed E-state index contributed by atoms with van der Waals surface area (Å²) in [5, 5.41) is 7.86. The van der Waals surface area contributed by atoms with E-state index in [2.05, 4.69) is 24.3 Å². The number of nitrogens with zero attached hydrogens (tertiary/aromatic N) is 2. The summed E-state index contributed by atoms with van der Waals surface area (Å²) in [5.74, 6) is -0.173. The van der Waals surface area contributed by atoms with Crippen LogP contribution in [0.25, 0.3) is 0 Å². The van der Waals surface area contributed by atoms with Crippen LogP contribution in [-0.4, -0.2) is 9.78 Å². The van der Waals surface area contributed by atoms with E-state index in [4.69, 9.17) is 0 Å². The summed E-state index contributed by atoms with van der Waals surface area (Å²) in [5.41, 5.74) is 2.57. The van der Waals surface area contributed by atoms with Gasteiger partial charge in [-0.15, -0.1) is 0 Å². The number of nitrogens with one attached hydrogen (secondary N) is 1. The molecule has 20 heavy (non-hydrogen) atoms. The van der Waals surface area contributed by atoms with E-state index in [0.29, 0.717) is 18.2 Å². The van der Waals surface area contributed by atoms with Crippen LogP contribution in [0.15, 0.2) is 30.5 Å². The fourth-order valence-electron chi connectivity index (χ4n) is 2.29. The van der Waals surface area contributed by atoms with Crippen LogP contribution in [0.2, 0.25) is 0 Å². The van der Waals surface area contributed by atoms with Gasteiger partial charge in [-0.1, -0.05) is 13.8 Å². The lowest BCUT2D eigenvalue weighted by Crippen LogP contribution is -2.09. The maximum atomic E-state index is 13.2. The molecule has 108 valence electrons. The van der Waals surface area contributed by atoms with Crippen LogP contribution in [0.3, 0.4) is 0 Å². The van der Waals surface area contributed by atoms with Gasteiger partial charge in [0.05, 0.1) is 18.3 Å². The van der Waals surface area contributed by atoms with Crippen LogP contribution in [0.4, 0.5) is 10.1 Å². The zero-order chi connectivity index (χ0) is 14.5. The van der Waals surface area contributed by atoms with E-state index in [1.165, 1.54) is 6.07 Å². The van der Waals surface area contributed by atoms with E-state index < -0.39 is 0 Å². The minimum absolute atomic E-state index is 0.173. The Morgan fingerprint density at radius 2 is 2.00 bits per heavy atom. The molecule has 1 aromatic carbocycles. The highest BCUT2D eigenvalue weighted by atomic mass is 19.1. The number of benzene rings is 1. The van der Waals surface area contributed by atoms with E-state index in [1.807, 2.05) is 23.0 Å². The summed E-state index contributed by atoms with van der Waals surface area (Å²) in [7, 11) is 0. The quantitative estimate of drug-likeness (QED) is 0.851. The Hall–Kier alpha value is -1.84. The minimum atomic E-state index is -0.173. The standard InChI is InChI=1S/C16H22FN3/c1-4-15(5-2)20-9-8-14(19-20)11-18-13-6-7-16(17)12(3)10-13/h6-10,15,18H,4-5,11H2,1-3H3. The van der Waals surface area contributed by atoms with Gasteiger partial charge in [0, 0.05) is 11.9 Å². The smallest absolute Gasteiger partial charge is 0.126 e. The molecule has 0 atom stereocenters. The third kappa shape index (κ3) is 3.38. The highest BCUT2D eigenvalue weighted by Crippen LogP contribution is 2.16. The molecule has 0 aliphatic heterocycles. The van der Waals surface area contributed by atoms with E-state index in [9.17, 15) is 4.39 Å². The number of hydrogen-bond donors (Lipinski definition) is 1. The molecule has 0 bridgehead atoms. The zero-order valence-corrected chi connectivity index (χ0v) is 12.4. The van der Waals surface area contributed by atoms with Gasteiger partial charge in [-0.25, -0.2) is 4.39 Å². The van der Waals surface area contributed by atoms with E-state index >= 15 is 0 Å². The van der Waals surface area contributed by atoms with Gasteiger partial charge in [-0.3, -0.25) is 4.68 Å². The number of aryl methyl sites for hydroxylation is 1. The SMILES string of the molecule is CCC(CC)n1ccc(CNc2ccc(F)c(C)c2)n1. The zero-order valence-electron chi connectivity index (χ0n) is 12.4. The van der Waals surface area contributed by atoms with Crippen LogP contribution in [-0.2, 0) is 6.54 Å². The third-order valence-corrected chi connectivity index (χ3v) is 3.61. The molecule has 2 rings (SSSR count). The lowest BCUT2D eigenvalue weighted by atomic mass is 10.2. The number of halogens is 1. The Morgan fingerprint density at radius 1 is 1.25 bits per heavy atom. The largest absolute Gasteiger partial charge is 0.379 e. The van der Waals surface area contributed by atoms with Gasteiger partial charge in [0.2, 0.25) is 0 Å². The van der Waals surface area contributed by atoms with Crippen molar-refractivity contribution in [3.8, 4) is 0 Å². The van der Waals surface area contributed by atoms with Crippen LogP contribution in [0.5, 0.6) is 0 Å². The molecule has 0 saturated heterocycles. The summed E-state index contributed by atoms with van der Waals surface area (Å²) >= 11 is 0. The molecule has 0 amide bonds. The number of hydrogen-bond acceptors (Lipinski definition) is 2. The monoisotopic (exact) mass is 275 g/mol. The first-order valence-corrected chi connectivity index (χ1v) is 7.18. The van der Waals surface area contributed by atoms with Crippen LogP contribution in [0.1, 0.15) is 44.0 Å². The Balaban J connectivity index is 1.98. The average Bonchev–Trinajstić information content (AvgIpc) is 2.90. The highest BCUT2D eigenvalue weighted by molar-refractivity contribution is 5.46. The molecule has 0 aliphatic carbocycles.